The van der Waals surface area contributed by atoms with Gasteiger partial charge in [0.2, 0.25) is 0 Å². The van der Waals surface area contributed by atoms with Gasteiger partial charge >= 0.3 is 0 Å². The Morgan fingerprint density at radius 3 is 2.84 bits per heavy atom. The van der Waals surface area contributed by atoms with Gasteiger partial charge in [-0.3, -0.25) is 0 Å². The van der Waals surface area contributed by atoms with Crippen molar-refractivity contribution >= 4 is 41.3 Å². The quantitative estimate of drug-likeness (QED) is 0.277. The Labute approximate surface area is 207 Å². The van der Waals surface area contributed by atoms with Crippen molar-refractivity contribution in [3.63, 3.8) is 0 Å². The van der Waals surface area contributed by atoms with E-state index in [1.165, 1.54) is 5.69 Å². The molecule has 7 nitrogen and oxygen atoms in total. The summed E-state index contributed by atoms with van der Waals surface area (Å²) >= 11 is 0. The highest BCUT2D eigenvalue weighted by atomic mass is 127. The lowest BCUT2D eigenvalue weighted by Gasteiger charge is -2.36. The molecule has 8 heteroatoms. The van der Waals surface area contributed by atoms with Crippen molar-refractivity contribution in [1.29, 1.82) is 0 Å². The third-order valence-corrected chi connectivity index (χ3v) is 5.68. The molecule has 0 aliphatic carbocycles. The molecule has 1 saturated heterocycles. The molecule has 1 atom stereocenters. The summed E-state index contributed by atoms with van der Waals surface area (Å²) in [5, 5.41) is 7.01. The molecule has 1 fully saturated rings. The van der Waals surface area contributed by atoms with Gasteiger partial charge in [0, 0.05) is 37.6 Å². The molecular formula is C24H33IN6O. The SMILES string of the molecule is CCNC(=NCc1cn2c(C)cccc2n1)NC1CCCN(c2ccccc2OC)C1.I. The molecule has 0 radical (unpaired) electrons. The summed E-state index contributed by atoms with van der Waals surface area (Å²) in [7, 11) is 1.73. The monoisotopic (exact) mass is 548 g/mol. The van der Waals surface area contributed by atoms with Crippen molar-refractivity contribution in [3.8, 4) is 5.75 Å². The normalized spacial score (nSPS) is 16.5. The van der Waals surface area contributed by atoms with Crippen LogP contribution in [0.25, 0.3) is 5.65 Å². The van der Waals surface area contributed by atoms with Gasteiger partial charge in [0.1, 0.15) is 11.4 Å². The molecule has 0 amide bonds. The molecule has 32 heavy (non-hydrogen) atoms. The average Bonchev–Trinajstić information content (AvgIpc) is 3.22. The Morgan fingerprint density at radius 1 is 1.22 bits per heavy atom. The number of methoxy groups -OCH3 is 1. The third kappa shape index (κ3) is 5.65. The minimum absolute atomic E-state index is 0. The van der Waals surface area contributed by atoms with Crippen LogP contribution in [0.2, 0.25) is 0 Å². The number of rotatable bonds is 6. The number of imidazole rings is 1. The van der Waals surface area contributed by atoms with Crippen molar-refractivity contribution in [1.82, 2.24) is 20.0 Å². The second kappa shape index (κ2) is 11.4. The summed E-state index contributed by atoms with van der Waals surface area (Å²) in [5.41, 5.74) is 4.25. The number of para-hydroxylation sites is 2. The number of hydrogen-bond acceptors (Lipinski definition) is 4. The first kappa shape index (κ1) is 24.2. The van der Waals surface area contributed by atoms with E-state index in [1.807, 2.05) is 24.3 Å². The number of halogens is 1. The number of aromatic nitrogens is 2. The van der Waals surface area contributed by atoms with E-state index >= 15 is 0 Å². The van der Waals surface area contributed by atoms with Crippen LogP contribution in [-0.4, -0.2) is 48.1 Å². The van der Waals surface area contributed by atoms with Crippen molar-refractivity contribution < 1.29 is 4.74 Å². The van der Waals surface area contributed by atoms with E-state index in [4.69, 9.17) is 14.7 Å². The van der Waals surface area contributed by atoms with Crippen LogP contribution in [0.1, 0.15) is 31.2 Å². The molecule has 0 spiro atoms. The second-order valence-electron chi connectivity index (χ2n) is 7.92. The molecule has 2 aromatic heterocycles. The fraction of sp³-hybridized carbons (Fsp3) is 0.417. The number of guanidine groups is 1. The Hall–Kier alpha value is -2.49. The number of anilines is 1. The van der Waals surface area contributed by atoms with Gasteiger partial charge in [0.15, 0.2) is 5.96 Å². The van der Waals surface area contributed by atoms with Crippen molar-refractivity contribution in [3.05, 3.63) is 60.0 Å². The van der Waals surface area contributed by atoms with E-state index in [9.17, 15) is 0 Å². The summed E-state index contributed by atoms with van der Waals surface area (Å²) in [4.78, 5) is 11.9. The number of hydrogen-bond donors (Lipinski definition) is 2. The fourth-order valence-corrected chi connectivity index (χ4v) is 4.15. The number of aryl methyl sites for hydroxylation is 1. The number of aliphatic imine (C=N–C) groups is 1. The highest BCUT2D eigenvalue weighted by Crippen LogP contribution is 2.29. The van der Waals surface area contributed by atoms with Crippen LogP contribution in [0.3, 0.4) is 0 Å². The van der Waals surface area contributed by atoms with Crippen LogP contribution in [-0.2, 0) is 6.54 Å². The summed E-state index contributed by atoms with van der Waals surface area (Å²) < 4.78 is 7.68. The predicted molar refractivity (Wildman–Crippen MR) is 142 cm³/mol. The minimum atomic E-state index is 0. The van der Waals surface area contributed by atoms with Crippen LogP contribution < -0.4 is 20.3 Å². The van der Waals surface area contributed by atoms with Crippen molar-refractivity contribution in [2.24, 2.45) is 4.99 Å². The van der Waals surface area contributed by atoms with Crippen LogP contribution in [0.15, 0.2) is 53.7 Å². The zero-order valence-corrected chi connectivity index (χ0v) is 21.4. The Morgan fingerprint density at radius 2 is 2.06 bits per heavy atom. The number of nitrogens with one attached hydrogen (secondary N) is 2. The first-order chi connectivity index (χ1) is 15.2. The zero-order chi connectivity index (χ0) is 21.6. The van der Waals surface area contributed by atoms with E-state index in [0.29, 0.717) is 12.6 Å². The first-order valence-electron chi connectivity index (χ1n) is 11.0. The standard InChI is InChI=1S/C24H32N6O.HI/c1-4-25-24(26-15-20-17-30-18(2)9-7-13-23(30)27-20)28-19-10-8-14-29(16-19)21-11-5-6-12-22(21)31-3;/h5-7,9,11-13,17,19H,4,8,10,14-16H2,1-3H3,(H2,25,26,28);1H. The lowest BCUT2D eigenvalue weighted by Crippen LogP contribution is -2.51. The van der Waals surface area contributed by atoms with Crippen LogP contribution >= 0.6 is 24.0 Å². The molecule has 2 N–H and O–H groups in total. The Bertz CT molecular complexity index is 1050. The molecule has 172 valence electrons. The highest BCUT2D eigenvalue weighted by Gasteiger charge is 2.22. The van der Waals surface area contributed by atoms with Crippen LogP contribution in [0, 0.1) is 6.92 Å². The van der Waals surface area contributed by atoms with Gasteiger partial charge < -0.3 is 24.7 Å². The van der Waals surface area contributed by atoms with Gasteiger partial charge in [-0.05, 0) is 51.0 Å². The summed E-state index contributed by atoms with van der Waals surface area (Å²) in [6.45, 7) is 7.49. The van der Waals surface area contributed by atoms with Gasteiger partial charge in [-0.2, -0.15) is 0 Å². The number of nitrogens with zero attached hydrogens (tertiary/aromatic N) is 4. The Kier molecular flexibility index (Phi) is 8.60. The first-order valence-corrected chi connectivity index (χ1v) is 11.0. The molecule has 1 aliphatic heterocycles. The number of fused-ring (bicyclic) bond motifs is 1. The lowest BCUT2D eigenvalue weighted by molar-refractivity contribution is 0.408. The smallest absolute Gasteiger partial charge is 0.191 e. The fourth-order valence-electron chi connectivity index (χ4n) is 4.15. The largest absolute Gasteiger partial charge is 0.495 e. The van der Waals surface area contributed by atoms with Gasteiger partial charge in [0.05, 0.1) is 25.0 Å². The topological polar surface area (TPSA) is 66.2 Å². The molecule has 3 aromatic rings. The van der Waals surface area contributed by atoms with Crippen LogP contribution in [0.5, 0.6) is 5.75 Å². The maximum absolute atomic E-state index is 5.57. The molecule has 0 saturated carbocycles. The van der Waals surface area contributed by atoms with E-state index in [1.54, 1.807) is 7.11 Å². The maximum Gasteiger partial charge on any atom is 0.191 e. The zero-order valence-electron chi connectivity index (χ0n) is 19.0. The number of piperidine rings is 1. The molecular weight excluding hydrogens is 515 g/mol. The van der Waals surface area contributed by atoms with Gasteiger partial charge in [-0.1, -0.05) is 18.2 Å². The van der Waals surface area contributed by atoms with E-state index in [2.05, 4.69) is 58.2 Å². The molecule has 1 unspecified atom stereocenters. The summed E-state index contributed by atoms with van der Waals surface area (Å²) in [5.74, 6) is 1.76. The average molecular weight is 548 g/mol. The Balaban J connectivity index is 0.00000289. The van der Waals surface area contributed by atoms with Gasteiger partial charge in [-0.15, -0.1) is 24.0 Å². The molecule has 3 heterocycles. The highest BCUT2D eigenvalue weighted by molar-refractivity contribution is 14.0. The van der Waals surface area contributed by atoms with Gasteiger partial charge in [-0.25, -0.2) is 9.98 Å². The number of ether oxygens (including phenoxy) is 1. The molecule has 1 aromatic carbocycles. The second-order valence-corrected chi connectivity index (χ2v) is 7.92. The van der Waals surface area contributed by atoms with Crippen molar-refractivity contribution in [2.75, 3.05) is 31.6 Å². The number of benzene rings is 1. The summed E-state index contributed by atoms with van der Waals surface area (Å²) in [6, 6.07) is 14.7. The van der Waals surface area contributed by atoms with Crippen molar-refractivity contribution in [2.45, 2.75) is 39.3 Å². The predicted octanol–water partition coefficient (Wildman–Crippen LogP) is 3.99. The number of pyridine rings is 1. The van der Waals surface area contributed by atoms with E-state index in [-0.39, 0.29) is 24.0 Å². The van der Waals surface area contributed by atoms with E-state index in [0.717, 1.165) is 61.2 Å². The van der Waals surface area contributed by atoms with Gasteiger partial charge in [0.25, 0.3) is 0 Å². The molecule has 4 rings (SSSR count). The summed E-state index contributed by atoms with van der Waals surface area (Å²) in [6.07, 6.45) is 4.31. The third-order valence-electron chi connectivity index (χ3n) is 5.68. The molecule has 1 aliphatic rings. The van der Waals surface area contributed by atoms with Crippen LogP contribution in [0.4, 0.5) is 5.69 Å². The van der Waals surface area contributed by atoms with E-state index < -0.39 is 0 Å². The maximum atomic E-state index is 5.57. The lowest BCUT2D eigenvalue weighted by atomic mass is 10.0. The molecule has 0 bridgehead atoms. The minimum Gasteiger partial charge on any atom is -0.495 e.